The van der Waals surface area contributed by atoms with Gasteiger partial charge in [-0.3, -0.25) is 9.52 Å². The summed E-state index contributed by atoms with van der Waals surface area (Å²) in [6.45, 7) is 6.02. The van der Waals surface area contributed by atoms with Crippen LogP contribution in [0.4, 0.5) is 5.69 Å². The molecule has 7 atom stereocenters. The minimum atomic E-state index is -1.54. The molecule has 4 aliphatic rings. The van der Waals surface area contributed by atoms with Gasteiger partial charge in [-0.2, -0.15) is 0 Å². The lowest BCUT2D eigenvalue weighted by molar-refractivity contribution is -0.112. The Morgan fingerprint density at radius 3 is 2.64 bits per heavy atom. The third-order valence-corrected chi connectivity index (χ3v) is 11.8. The fourth-order valence-corrected chi connectivity index (χ4v) is 8.47. The van der Waals surface area contributed by atoms with Crippen LogP contribution in [-0.4, -0.2) is 55.6 Å². The second-order valence-corrected chi connectivity index (χ2v) is 15.0. The van der Waals surface area contributed by atoms with E-state index in [9.17, 15) is 13.8 Å². The summed E-state index contributed by atoms with van der Waals surface area (Å²) >= 11 is 6.40. The summed E-state index contributed by atoms with van der Waals surface area (Å²) in [6, 6.07) is 11.8. The minimum absolute atomic E-state index is 0. The normalized spacial score (nSPS) is 31.6. The molecule has 246 valence electrons. The van der Waals surface area contributed by atoms with Gasteiger partial charge in [-0.05, 0) is 105 Å². The van der Waals surface area contributed by atoms with Crippen molar-refractivity contribution in [3.05, 3.63) is 70.3 Å². The molecule has 1 spiro atoms. The maximum absolute atomic E-state index is 13.3. The topological polar surface area (TPSA) is 84.9 Å². The largest absolute Gasteiger partial charge is 0.490 e. The van der Waals surface area contributed by atoms with Gasteiger partial charge in [0.1, 0.15) is 23.0 Å². The summed E-state index contributed by atoms with van der Waals surface area (Å²) in [4.78, 5) is 28.0. The van der Waals surface area contributed by atoms with Crippen LogP contribution in [0, 0.1) is 23.7 Å². The maximum Gasteiger partial charge on any atom is 0.263 e. The molecule has 1 fully saturated rings. The number of anilines is 1. The molecule has 2 aliphatic carbocycles. The van der Waals surface area contributed by atoms with Gasteiger partial charge in [0.2, 0.25) is 0 Å². The Labute approximate surface area is 276 Å². The van der Waals surface area contributed by atoms with Crippen LogP contribution in [-0.2, 0) is 32.4 Å². The van der Waals surface area contributed by atoms with Gasteiger partial charge in [-0.25, -0.2) is 4.21 Å². The molecule has 0 aromatic heterocycles. The molecule has 2 bridgehead atoms. The monoisotopic (exact) mass is 656 g/mol. The number of carbonyl (C=O) groups excluding carboxylic acids is 2. The summed E-state index contributed by atoms with van der Waals surface area (Å²) in [5, 5.41) is 0.522. The Bertz CT molecular complexity index is 1420. The highest BCUT2D eigenvalue weighted by atomic mass is 35.5. The molecule has 45 heavy (non-hydrogen) atoms. The van der Waals surface area contributed by atoms with Crippen LogP contribution in [0.1, 0.15) is 74.9 Å². The number of hydrogen-bond donors (Lipinski definition) is 1. The molecule has 2 aromatic carbocycles. The molecule has 6 unspecified atom stereocenters. The fourth-order valence-electron chi connectivity index (χ4n) is 7.25. The number of aldehydes is 1. The number of hydrogen-bond acceptors (Lipinski definition) is 6. The van der Waals surface area contributed by atoms with Crippen LogP contribution in [0.25, 0.3) is 0 Å². The van der Waals surface area contributed by atoms with Gasteiger partial charge in [0.05, 0.1) is 17.5 Å². The van der Waals surface area contributed by atoms with Crippen molar-refractivity contribution in [1.29, 1.82) is 0 Å². The number of aryl methyl sites for hydroxylation is 1. The standard InChI is InChI=1S/C33H39ClN2O4S.C2H6O.CH4/c1-21-5-3-6-26(18-37)28-11-8-25(28)17-36-19-33(14-4-7-23-15-27(34)10-12-29(23)33)20-40-31-13-9-24(16-30(31)36)32(38)35-41(39)22(21)2;1-3-2;/h3,6,9-10,12-13,15-16,18,21-22,25-26,28H,4-5,7-8,11,14,17,19-20H2,1-2H3,(H,35,38);1-2H3;1H4/b6-3+;;/t21?,22?,25?,26?,28?,33-,41?;;/m0../s1. The second kappa shape index (κ2) is 15.3. The summed E-state index contributed by atoms with van der Waals surface area (Å²) in [6.07, 6.45) is 11.1. The van der Waals surface area contributed by atoms with E-state index < -0.39 is 11.0 Å². The first-order chi connectivity index (χ1) is 21.2. The summed E-state index contributed by atoms with van der Waals surface area (Å²) in [5.41, 5.74) is 3.73. The van der Waals surface area contributed by atoms with E-state index in [1.54, 1.807) is 20.3 Å². The average Bonchev–Trinajstić information content (AvgIpc) is 3.14. The van der Waals surface area contributed by atoms with Crippen LogP contribution in [0.2, 0.25) is 5.02 Å². The van der Waals surface area contributed by atoms with Crippen LogP contribution >= 0.6 is 11.6 Å². The smallest absolute Gasteiger partial charge is 0.263 e. The van der Waals surface area contributed by atoms with Gasteiger partial charge in [-0.1, -0.05) is 44.2 Å². The van der Waals surface area contributed by atoms with E-state index in [4.69, 9.17) is 16.3 Å². The molecule has 1 N–H and O–H groups in total. The SMILES string of the molecule is C.CC1C/C=C/C(C=O)C2CCC2CN2C[C@@]3(CCCc4cc(Cl)ccc43)COc3ccc(cc32)C(=O)NS(=O)C1C.COC. The van der Waals surface area contributed by atoms with Crippen molar-refractivity contribution in [3.63, 3.8) is 0 Å². The summed E-state index contributed by atoms with van der Waals surface area (Å²) in [5.74, 6) is 1.02. The van der Waals surface area contributed by atoms with Gasteiger partial charge in [0.25, 0.3) is 5.91 Å². The zero-order valence-corrected chi connectivity index (χ0v) is 27.8. The minimum Gasteiger partial charge on any atom is -0.490 e. The van der Waals surface area contributed by atoms with Gasteiger partial charge in [0.15, 0.2) is 0 Å². The van der Waals surface area contributed by atoms with Gasteiger partial charge < -0.3 is 19.2 Å². The lowest BCUT2D eigenvalue weighted by Crippen LogP contribution is -2.49. The number of carbonyl (C=O) groups is 2. The predicted molar refractivity (Wildman–Crippen MR) is 184 cm³/mol. The Morgan fingerprint density at radius 1 is 1.16 bits per heavy atom. The van der Waals surface area contributed by atoms with Gasteiger partial charge in [0, 0.05) is 49.2 Å². The van der Waals surface area contributed by atoms with E-state index in [-0.39, 0.29) is 41.8 Å². The van der Waals surface area contributed by atoms with Crippen molar-refractivity contribution < 1.29 is 23.3 Å². The molecular formula is C36H49ClN2O5S. The second-order valence-electron chi connectivity index (χ2n) is 13.0. The highest BCUT2D eigenvalue weighted by molar-refractivity contribution is 7.84. The highest BCUT2D eigenvalue weighted by Gasteiger charge is 2.44. The number of nitrogens with zero attached hydrogens (tertiary/aromatic N) is 1. The van der Waals surface area contributed by atoms with E-state index in [1.807, 2.05) is 32.0 Å². The number of ether oxygens (including phenoxy) is 2. The molecule has 1 amide bonds. The van der Waals surface area contributed by atoms with Crippen LogP contribution in [0.3, 0.4) is 0 Å². The molecule has 1 saturated carbocycles. The fraction of sp³-hybridized carbons (Fsp3) is 0.556. The summed E-state index contributed by atoms with van der Waals surface area (Å²) in [7, 11) is 1.71. The molecular weight excluding hydrogens is 608 g/mol. The zero-order chi connectivity index (χ0) is 31.4. The van der Waals surface area contributed by atoms with Crippen molar-refractivity contribution in [2.45, 2.75) is 70.5 Å². The number of benzene rings is 2. The van der Waals surface area contributed by atoms with Crippen LogP contribution in [0.15, 0.2) is 48.6 Å². The number of amides is 1. The quantitative estimate of drug-likeness (QED) is 0.265. The van der Waals surface area contributed by atoms with Crippen molar-refractivity contribution in [3.8, 4) is 5.75 Å². The van der Waals surface area contributed by atoms with Gasteiger partial charge >= 0.3 is 0 Å². The lowest BCUT2D eigenvalue weighted by Gasteiger charge is -2.45. The molecule has 0 radical (unpaired) electrons. The first-order valence-corrected chi connectivity index (χ1v) is 17.3. The van der Waals surface area contributed by atoms with Crippen molar-refractivity contribution in [2.24, 2.45) is 23.7 Å². The predicted octanol–water partition coefficient (Wildman–Crippen LogP) is 6.93. The zero-order valence-electron chi connectivity index (χ0n) is 26.2. The van der Waals surface area contributed by atoms with E-state index in [0.717, 1.165) is 67.9 Å². The molecule has 7 nitrogen and oxygen atoms in total. The average molecular weight is 657 g/mol. The van der Waals surface area contributed by atoms with Crippen molar-refractivity contribution in [1.82, 2.24) is 4.72 Å². The molecule has 2 heterocycles. The Morgan fingerprint density at radius 2 is 1.93 bits per heavy atom. The Kier molecular flexibility index (Phi) is 11.9. The van der Waals surface area contributed by atoms with E-state index in [1.165, 1.54) is 11.1 Å². The molecule has 2 aliphatic heterocycles. The van der Waals surface area contributed by atoms with Gasteiger partial charge in [-0.15, -0.1) is 0 Å². The molecule has 6 rings (SSSR count). The summed E-state index contributed by atoms with van der Waals surface area (Å²) < 4.78 is 26.7. The third-order valence-electron chi connectivity index (χ3n) is 10.1. The number of fused-ring (bicyclic) bond motifs is 4. The number of rotatable bonds is 1. The maximum atomic E-state index is 13.3. The number of nitrogens with one attached hydrogen (secondary N) is 1. The van der Waals surface area contributed by atoms with Crippen LogP contribution < -0.4 is 14.4 Å². The molecule has 0 saturated heterocycles. The van der Waals surface area contributed by atoms with E-state index in [2.05, 4.69) is 38.6 Å². The lowest BCUT2D eigenvalue weighted by atomic mass is 9.66. The number of methoxy groups -OCH3 is 1. The highest BCUT2D eigenvalue weighted by Crippen LogP contribution is 2.47. The third kappa shape index (κ3) is 7.50. The molecule has 2 aromatic rings. The number of halogens is 1. The Balaban J connectivity index is 0.00000111. The van der Waals surface area contributed by atoms with Crippen molar-refractivity contribution in [2.75, 3.05) is 38.8 Å². The number of allylic oxidation sites excluding steroid dienone is 2. The van der Waals surface area contributed by atoms with Crippen LogP contribution in [0.5, 0.6) is 5.75 Å². The Hall–Kier alpha value is -2.68. The van der Waals surface area contributed by atoms with E-state index >= 15 is 0 Å². The van der Waals surface area contributed by atoms with E-state index in [0.29, 0.717) is 24.5 Å². The first kappa shape index (κ1) is 35.2. The van der Waals surface area contributed by atoms with Crippen molar-refractivity contribution >= 4 is 40.5 Å². The first-order valence-electron chi connectivity index (χ1n) is 15.7. The molecule has 9 heteroatoms.